The Labute approximate surface area is 96.7 Å². The van der Waals surface area contributed by atoms with Crippen molar-refractivity contribution in [3.63, 3.8) is 0 Å². The Morgan fingerprint density at radius 3 is 2.65 bits per heavy atom. The first kappa shape index (κ1) is 9.89. The molecule has 0 unspecified atom stereocenters. The lowest BCUT2D eigenvalue weighted by Crippen LogP contribution is -1.97. The minimum absolute atomic E-state index is 0.267. The van der Waals surface area contributed by atoms with Crippen LogP contribution in [0.5, 0.6) is 0 Å². The first-order valence-electron chi connectivity index (χ1n) is 5.17. The van der Waals surface area contributed by atoms with Gasteiger partial charge in [0, 0.05) is 6.20 Å². The van der Waals surface area contributed by atoms with E-state index in [1.165, 1.54) is 12.1 Å². The Morgan fingerprint density at radius 2 is 1.88 bits per heavy atom. The smallest absolute Gasteiger partial charge is 0.132 e. The number of nitrogens with zero attached hydrogens (tertiary/aromatic N) is 4. The minimum Gasteiger partial charge on any atom is -0.262 e. The van der Waals surface area contributed by atoms with E-state index in [1.54, 1.807) is 29.2 Å². The van der Waals surface area contributed by atoms with E-state index in [0.717, 1.165) is 22.3 Å². The van der Waals surface area contributed by atoms with Gasteiger partial charge in [-0.15, -0.1) is 5.10 Å². The highest BCUT2D eigenvalue weighted by atomic mass is 19.1. The highest BCUT2D eigenvalue weighted by molar-refractivity contribution is 5.78. The third-order valence-electron chi connectivity index (χ3n) is 2.61. The van der Waals surface area contributed by atoms with Crippen LogP contribution in [0.25, 0.3) is 16.7 Å². The molecule has 0 aliphatic rings. The Balaban J connectivity index is 2.27. The topological polar surface area (TPSA) is 43.6 Å². The predicted molar refractivity (Wildman–Crippen MR) is 61.4 cm³/mol. The Hall–Kier alpha value is -2.30. The first-order valence-corrected chi connectivity index (χ1v) is 5.17. The van der Waals surface area contributed by atoms with E-state index in [1.807, 2.05) is 6.92 Å². The van der Waals surface area contributed by atoms with Crippen LogP contribution in [0.2, 0.25) is 0 Å². The molecule has 0 saturated carbocycles. The summed E-state index contributed by atoms with van der Waals surface area (Å²) in [7, 11) is 0. The van der Waals surface area contributed by atoms with Gasteiger partial charge in [-0.1, -0.05) is 5.21 Å². The predicted octanol–water partition coefficient (Wildman–Crippen LogP) is 2.26. The number of halogens is 1. The van der Waals surface area contributed by atoms with Crippen molar-refractivity contribution in [2.24, 2.45) is 0 Å². The van der Waals surface area contributed by atoms with Gasteiger partial charge in [0.2, 0.25) is 0 Å². The molecule has 1 aromatic carbocycles. The number of aromatic nitrogens is 4. The maximum Gasteiger partial charge on any atom is 0.132 e. The fourth-order valence-electron chi connectivity index (χ4n) is 1.79. The highest BCUT2D eigenvalue weighted by Crippen LogP contribution is 2.18. The van der Waals surface area contributed by atoms with Crippen LogP contribution in [0.4, 0.5) is 4.39 Å². The quantitative estimate of drug-likeness (QED) is 0.641. The molecule has 4 nitrogen and oxygen atoms in total. The van der Waals surface area contributed by atoms with Crippen molar-refractivity contribution in [2.45, 2.75) is 6.92 Å². The van der Waals surface area contributed by atoms with Gasteiger partial charge < -0.3 is 0 Å². The number of benzene rings is 1. The van der Waals surface area contributed by atoms with E-state index < -0.39 is 0 Å². The van der Waals surface area contributed by atoms with Crippen molar-refractivity contribution in [1.29, 1.82) is 0 Å². The molecule has 0 saturated heterocycles. The molecule has 3 rings (SSSR count). The molecule has 0 aliphatic heterocycles. The summed E-state index contributed by atoms with van der Waals surface area (Å²) in [6.07, 6.45) is 3.42. The number of pyridine rings is 1. The number of fused-ring (bicyclic) bond motifs is 1. The average Bonchev–Trinajstić information content (AvgIpc) is 2.75. The monoisotopic (exact) mass is 228 g/mol. The van der Waals surface area contributed by atoms with Crippen molar-refractivity contribution in [2.75, 3.05) is 0 Å². The lowest BCUT2D eigenvalue weighted by Gasteiger charge is -2.03. The molecule has 0 N–H and O–H groups in total. The van der Waals surface area contributed by atoms with E-state index >= 15 is 0 Å². The summed E-state index contributed by atoms with van der Waals surface area (Å²) < 4.78 is 14.6. The first-order chi connectivity index (χ1) is 8.25. The molecule has 5 heteroatoms. The van der Waals surface area contributed by atoms with E-state index in [0.29, 0.717) is 0 Å². The Morgan fingerprint density at radius 1 is 1.12 bits per heavy atom. The minimum atomic E-state index is -0.267. The zero-order chi connectivity index (χ0) is 11.8. The maximum absolute atomic E-state index is 12.9. The van der Waals surface area contributed by atoms with Gasteiger partial charge in [0.25, 0.3) is 0 Å². The Kier molecular flexibility index (Phi) is 2.11. The molecule has 0 fully saturated rings. The number of hydrogen-bond donors (Lipinski definition) is 0. The molecule has 0 spiro atoms. The molecule has 0 radical (unpaired) electrons. The van der Waals surface area contributed by atoms with Crippen molar-refractivity contribution in [3.05, 3.63) is 48.0 Å². The van der Waals surface area contributed by atoms with Crippen molar-refractivity contribution < 1.29 is 4.39 Å². The largest absolute Gasteiger partial charge is 0.262 e. The number of rotatable bonds is 1. The summed E-state index contributed by atoms with van der Waals surface area (Å²) in [6, 6.07) is 6.14. The molecule has 84 valence electrons. The molecular weight excluding hydrogens is 219 g/mol. The fourth-order valence-corrected chi connectivity index (χ4v) is 1.79. The van der Waals surface area contributed by atoms with Gasteiger partial charge in [-0.2, -0.15) is 0 Å². The fraction of sp³-hybridized carbons (Fsp3) is 0.0833. The second-order valence-electron chi connectivity index (χ2n) is 3.80. The SMILES string of the molecule is Cc1cncc2nnn(-c3ccc(F)cc3)c12. The van der Waals surface area contributed by atoms with Gasteiger partial charge in [-0.05, 0) is 36.8 Å². The summed E-state index contributed by atoms with van der Waals surface area (Å²) in [4.78, 5) is 4.06. The molecular formula is C12H9FN4. The van der Waals surface area contributed by atoms with Gasteiger partial charge in [0.1, 0.15) is 16.9 Å². The molecule has 0 atom stereocenters. The second kappa shape index (κ2) is 3.62. The molecule has 17 heavy (non-hydrogen) atoms. The summed E-state index contributed by atoms with van der Waals surface area (Å²) in [5.41, 5.74) is 3.39. The van der Waals surface area contributed by atoms with Crippen LogP contribution in [0.3, 0.4) is 0 Å². The summed E-state index contributed by atoms with van der Waals surface area (Å²) in [5.74, 6) is -0.267. The molecule has 2 aromatic heterocycles. The van der Waals surface area contributed by atoms with Crippen molar-refractivity contribution in [3.8, 4) is 5.69 Å². The Bertz CT molecular complexity index is 673. The summed E-state index contributed by atoms with van der Waals surface area (Å²) >= 11 is 0. The normalized spacial score (nSPS) is 10.9. The zero-order valence-electron chi connectivity index (χ0n) is 9.13. The van der Waals surface area contributed by atoms with Crippen LogP contribution in [0.15, 0.2) is 36.7 Å². The number of hydrogen-bond acceptors (Lipinski definition) is 3. The van der Waals surface area contributed by atoms with Gasteiger partial charge in [-0.3, -0.25) is 4.98 Å². The summed E-state index contributed by atoms with van der Waals surface area (Å²) in [5, 5.41) is 8.10. The van der Waals surface area contributed by atoms with Gasteiger partial charge in [0.15, 0.2) is 0 Å². The van der Waals surface area contributed by atoms with Crippen molar-refractivity contribution >= 4 is 11.0 Å². The third kappa shape index (κ3) is 1.56. The second-order valence-corrected chi connectivity index (χ2v) is 3.80. The molecule has 2 heterocycles. The van der Waals surface area contributed by atoms with Gasteiger partial charge >= 0.3 is 0 Å². The maximum atomic E-state index is 12.9. The lowest BCUT2D eigenvalue weighted by molar-refractivity contribution is 0.627. The van der Waals surface area contributed by atoms with Crippen LogP contribution >= 0.6 is 0 Å². The van der Waals surface area contributed by atoms with E-state index in [9.17, 15) is 4.39 Å². The van der Waals surface area contributed by atoms with Crippen LogP contribution in [-0.2, 0) is 0 Å². The molecule has 0 aliphatic carbocycles. The highest BCUT2D eigenvalue weighted by Gasteiger charge is 2.08. The van der Waals surface area contributed by atoms with E-state index in [4.69, 9.17) is 0 Å². The van der Waals surface area contributed by atoms with Crippen LogP contribution in [0, 0.1) is 12.7 Å². The van der Waals surface area contributed by atoms with Gasteiger partial charge in [-0.25, -0.2) is 9.07 Å². The summed E-state index contributed by atoms with van der Waals surface area (Å²) in [6.45, 7) is 1.94. The molecule has 0 bridgehead atoms. The third-order valence-corrected chi connectivity index (χ3v) is 2.61. The molecule has 0 amide bonds. The van der Waals surface area contributed by atoms with Crippen LogP contribution in [0.1, 0.15) is 5.56 Å². The van der Waals surface area contributed by atoms with E-state index in [-0.39, 0.29) is 5.82 Å². The standard InChI is InChI=1S/C12H9FN4/c1-8-6-14-7-11-12(8)17(16-15-11)10-4-2-9(13)3-5-10/h2-7H,1H3. The van der Waals surface area contributed by atoms with E-state index in [2.05, 4.69) is 15.3 Å². The average molecular weight is 228 g/mol. The van der Waals surface area contributed by atoms with Crippen molar-refractivity contribution in [1.82, 2.24) is 20.0 Å². The lowest BCUT2D eigenvalue weighted by atomic mass is 10.2. The molecule has 3 aromatic rings. The number of aryl methyl sites for hydroxylation is 1. The van der Waals surface area contributed by atoms with Crippen LogP contribution in [-0.4, -0.2) is 20.0 Å². The van der Waals surface area contributed by atoms with Gasteiger partial charge in [0.05, 0.1) is 11.9 Å². The zero-order valence-corrected chi connectivity index (χ0v) is 9.13. The van der Waals surface area contributed by atoms with Crippen LogP contribution < -0.4 is 0 Å².